The van der Waals surface area contributed by atoms with Crippen LogP contribution in [0.3, 0.4) is 0 Å². The van der Waals surface area contributed by atoms with E-state index in [2.05, 4.69) is 13.5 Å². The molecular formula is C17H27O3P. The molecule has 1 aromatic carbocycles. The molecule has 0 aliphatic carbocycles. The van der Waals surface area contributed by atoms with Crippen molar-refractivity contribution in [3.63, 3.8) is 0 Å². The standard InChI is InChI=1S/C17H27O3P/c1-5-8-14-17(21(18,19-6-2)20-7-3)15(4)16-12-10-9-11-13-16/h9-13,17H,4-8,14H2,1-3H3. The van der Waals surface area contributed by atoms with Crippen LogP contribution in [0.1, 0.15) is 45.6 Å². The molecule has 21 heavy (non-hydrogen) atoms. The lowest BCUT2D eigenvalue weighted by atomic mass is 10.0. The van der Waals surface area contributed by atoms with Crippen LogP contribution in [0.15, 0.2) is 36.9 Å². The van der Waals surface area contributed by atoms with Crippen molar-refractivity contribution in [2.45, 2.75) is 45.7 Å². The smallest absolute Gasteiger partial charge is 0.308 e. The molecule has 0 bridgehead atoms. The Morgan fingerprint density at radius 1 is 1.14 bits per heavy atom. The molecule has 0 fully saturated rings. The molecule has 0 amide bonds. The van der Waals surface area contributed by atoms with Crippen LogP contribution in [0, 0.1) is 0 Å². The highest BCUT2D eigenvalue weighted by Gasteiger charge is 2.37. The average molecular weight is 310 g/mol. The van der Waals surface area contributed by atoms with Crippen molar-refractivity contribution < 1.29 is 13.6 Å². The highest BCUT2D eigenvalue weighted by Crippen LogP contribution is 2.58. The number of unbranched alkanes of at least 4 members (excludes halogenated alkanes) is 1. The van der Waals surface area contributed by atoms with Crippen LogP contribution in [0.25, 0.3) is 5.57 Å². The van der Waals surface area contributed by atoms with Gasteiger partial charge in [0.05, 0.1) is 18.9 Å². The van der Waals surface area contributed by atoms with Crippen LogP contribution in [0.5, 0.6) is 0 Å². The molecule has 0 N–H and O–H groups in total. The molecule has 4 heteroatoms. The lowest BCUT2D eigenvalue weighted by Crippen LogP contribution is -2.15. The van der Waals surface area contributed by atoms with Gasteiger partial charge in [-0.25, -0.2) is 0 Å². The van der Waals surface area contributed by atoms with Crippen molar-refractivity contribution in [2.75, 3.05) is 13.2 Å². The lowest BCUT2D eigenvalue weighted by molar-refractivity contribution is 0.215. The van der Waals surface area contributed by atoms with Crippen LogP contribution in [0.4, 0.5) is 0 Å². The van der Waals surface area contributed by atoms with Crippen molar-refractivity contribution >= 4 is 13.2 Å². The zero-order valence-corrected chi connectivity index (χ0v) is 14.3. The van der Waals surface area contributed by atoms with E-state index in [9.17, 15) is 4.57 Å². The Hall–Kier alpha value is -0.890. The Kier molecular flexibility index (Phi) is 7.95. The zero-order chi connectivity index (χ0) is 15.7. The topological polar surface area (TPSA) is 35.5 Å². The summed E-state index contributed by atoms with van der Waals surface area (Å²) in [5.41, 5.74) is 1.56. The van der Waals surface area contributed by atoms with Gasteiger partial charge in [-0.1, -0.05) is 56.7 Å². The summed E-state index contributed by atoms with van der Waals surface area (Å²) in [7, 11) is -3.18. The fraction of sp³-hybridized carbons (Fsp3) is 0.529. The Labute approximate surface area is 128 Å². The third-order valence-corrected chi connectivity index (χ3v) is 5.95. The van der Waals surface area contributed by atoms with E-state index in [0.29, 0.717) is 13.2 Å². The van der Waals surface area contributed by atoms with Gasteiger partial charge in [0.15, 0.2) is 0 Å². The summed E-state index contributed by atoms with van der Waals surface area (Å²) in [6, 6.07) is 9.86. The molecule has 0 aliphatic rings. The van der Waals surface area contributed by atoms with Gasteiger partial charge in [-0.2, -0.15) is 0 Å². The largest absolute Gasteiger partial charge is 0.338 e. The molecule has 0 spiro atoms. The number of rotatable bonds is 10. The first kappa shape index (κ1) is 18.2. The van der Waals surface area contributed by atoms with E-state index in [0.717, 1.165) is 30.4 Å². The number of allylic oxidation sites excluding steroid dienone is 1. The summed E-state index contributed by atoms with van der Waals surface area (Å²) in [6.07, 6.45) is 2.78. The van der Waals surface area contributed by atoms with Crippen LogP contribution in [-0.4, -0.2) is 18.9 Å². The predicted octanol–water partition coefficient (Wildman–Crippen LogP) is 5.52. The second-order valence-corrected chi connectivity index (χ2v) is 7.14. The number of hydrogen-bond acceptors (Lipinski definition) is 3. The van der Waals surface area contributed by atoms with E-state index in [-0.39, 0.29) is 5.66 Å². The van der Waals surface area contributed by atoms with E-state index >= 15 is 0 Å². The summed E-state index contributed by atoms with van der Waals surface area (Å²) in [6.45, 7) is 10.7. The van der Waals surface area contributed by atoms with Gasteiger partial charge in [0.1, 0.15) is 0 Å². The van der Waals surface area contributed by atoms with Crippen molar-refractivity contribution in [1.82, 2.24) is 0 Å². The van der Waals surface area contributed by atoms with E-state index in [1.54, 1.807) is 0 Å². The monoisotopic (exact) mass is 310 g/mol. The molecule has 3 nitrogen and oxygen atoms in total. The molecule has 118 valence electrons. The van der Waals surface area contributed by atoms with E-state index in [4.69, 9.17) is 9.05 Å². The third kappa shape index (κ3) is 5.10. The number of hydrogen-bond donors (Lipinski definition) is 0. The molecule has 0 heterocycles. The molecule has 0 aliphatic heterocycles. The lowest BCUT2D eigenvalue weighted by Gasteiger charge is -2.28. The number of benzene rings is 1. The van der Waals surface area contributed by atoms with Crippen molar-refractivity contribution in [3.05, 3.63) is 42.5 Å². The normalized spacial score (nSPS) is 13.1. The second kappa shape index (κ2) is 9.19. The predicted molar refractivity (Wildman–Crippen MR) is 89.6 cm³/mol. The zero-order valence-electron chi connectivity index (χ0n) is 13.4. The molecule has 0 saturated carbocycles. The Morgan fingerprint density at radius 2 is 1.71 bits per heavy atom. The fourth-order valence-corrected chi connectivity index (χ4v) is 4.53. The van der Waals surface area contributed by atoms with Crippen molar-refractivity contribution in [2.24, 2.45) is 0 Å². The van der Waals surface area contributed by atoms with Crippen molar-refractivity contribution in [1.29, 1.82) is 0 Å². The average Bonchev–Trinajstić information content (AvgIpc) is 2.48. The van der Waals surface area contributed by atoms with E-state index in [1.165, 1.54) is 0 Å². The maximum Gasteiger partial charge on any atom is 0.338 e. The fourth-order valence-electron chi connectivity index (χ4n) is 2.34. The van der Waals surface area contributed by atoms with Crippen LogP contribution >= 0.6 is 7.60 Å². The summed E-state index contributed by atoms with van der Waals surface area (Å²) in [4.78, 5) is 0. The summed E-state index contributed by atoms with van der Waals surface area (Å²) in [5.74, 6) is 0. The molecule has 1 rings (SSSR count). The van der Waals surface area contributed by atoms with Gasteiger partial charge in [0.25, 0.3) is 0 Å². The minimum Gasteiger partial charge on any atom is -0.308 e. The maximum atomic E-state index is 13.1. The van der Waals surface area contributed by atoms with Gasteiger partial charge in [0.2, 0.25) is 0 Å². The highest BCUT2D eigenvalue weighted by atomic mass is 31.2. The quantitative estimate of drug-likeness (QED) is 0.533. The van der Waals surface area contributed by atoms with Gasteiger partial charge in [0, 0.05) is 0 Å². The first-order valence-corrected chi connectivity index (χ1v) is 9.33. The van der Waals surface area contributed by atoms with E-state index < -0.39 is 7.60 Å². The third-order valence-electron chi connectivity index (χ3n) is 3.38. The van der Waals surface area contributed by atoms with Gasteiger partial charge in [-0.3, -0.25) is 4.57 Å². The Balaban J connectivity index is 3.08. The first-order chi connectivity index (χ1) is 10.1. The van der Waals surface area contributed by atoms with Crippen LogP contribution < -0.4 is 0 Å². The van der Waals surface area contributed by atoms with E-state index in [1.807, 2.05) is 44.2 Å². The van der Waals surface area contributed by atoms with Crippen LogP contribution in [-0.2, 0) is 13.6 Å². The van der Waals surface area contributed by atoms with Gasteiger partial charge < -0.3 is 9.05 Å². The SMILES string of the molecule is C=C(c1ccccc1)C(CCCC)P(=O)(OCC)OCC. The minimum atomic E-state index is -3.18. The maximum absolute atomic E-state index is 13.1. The summed E-state index contributed by atoms with van der Waals surface area (Å²) in [5, 5.41) is 0. The summed E-state index contributed by atoms with van der Waals surface area (Å²) >= 11 is 0. The van der Waals surface area contributed by atoms with Gasteiger partial charge in [-0.15, -0.1) is 0 Å². The second-order valence-electron chi connectivity index (χ2n) is 4.92. The molecule has 1 unspecified atom stereocenters. The van der Waals surface area contributed by atoms with Crippen molar-refractivity contribution in [3.8, 4) is 0 Å². The molecule has 1 atom stereocenters. The molecule has 0 saturated heterocycles. The first-order valence-electron chi connectivity index (χ1n) is 7.72. The molecule has 0 radical (unpaired) electrons. The van der Waals surface area contributed by atoms with Crippen LogP contribution in [0.2, 0.25) is 0 Å². The highest BCUT2D eigenvalue weighted by molar-refractivity contribution is 7.55. The molecule has 0 aromatic heterocycles. The molecular weight excluding hydrogens is 283 g/mol. The van der Waals surface area contributed by atoms with Gasteiger partial charge in [-0.05, 0) is 31.4 Å². The Morgan fingerprint density at radius 3 is 2.19 bits per heavy atom. The minimum absolute atomic E-state index is 0.278. The van der Waals surface area contributed by atoms with Gasteiger partial charge >= 0.3 is 7.60 Å². The molecule has 1 aromatic rings. The summed E-state index contributed by atoms with van der Waals surface area (Å²) < 4.78 is 24.2. The Bertz CT molecular complexity index is 460.